The normalized spacial score (nSPS) is 18.4. The number of hydrazone groups is 1. The first-order valence-corrected chi connectivity index (χ1v) is 10.8. The largest absolute Gasteiger partial charge is 0.493 e. The number of benzene rings is 2. The zero-order valence-corrected chi connectivity index (χ0v) is 19.1. The van der Waals surface area contributed by atoms with Gasteiger partial charge in [-0.15, -0.1) is 0 Å². The van der Waals surface area contributed by atoms with Gasteiger partial charge in [0.2, 0.25) is 0 Å². The Morgan fingerprint density at radius 2 is 1.84 bits per heavy atom. The Balaban J connectivity index is 1.86. The Morgan fingerprint density at radius 1 is 1.12 bits per heavy atom. The molecular formula is C24H30N4O4. The SMILES string of the molecule is CNC(=O)N1N=C(c2cccc(N3CCOCC3)c2)c2cc(OC)c(OC)cc2CC1C. The van der Waals surface area contributed by atoms with Gasteiger partial charge in [-0.05, 0) is 43.2 Å². The molecule has 1 saturated heterocycles. The molecule has 2 aromatic rings. The van der Waals surface area contributed by atoms with Crippen LogP contribution in [0.5, 0.6) is 11.5 Å². The van der Waals surface area contributed by atoms with Gasteiger partial charge in [0, 0.05) is 37.0 Å². The van der Waals surface area contributed by atoms with Crippen molar-refractivity contribution in [1.82, 2.24) is 10.3 Å². The third-order valence-electron chi connectivity index (χ3n) is 5.92. The van der Waals surface area contributed by atoms with E-state index in [1.54, 1.807) is 21.3 Å². The molecule has 0 radical (unpaired) electrons. The van der Waals surface area contributed by atoms with Crippen LogP contribution >= 0.6 is 0 Å². The average Bonchev–Trinajstić information content (AvgIpc) is 2.98. The lowest BCUT2D eigenvalue weighted by Gasteiger charge is -2.29. The Morgan fingerprint density at radius 3 is 2.53 bits per heavy atom. The molecule has 1 N–H and O–H groups in total. The molecule has 4 rings (SSSR count). The number of amides is 2. The summed E-state index contributed by atoms with van der Waals surface area (Å²) in [6.45, 7) is 5.12. The van der Waals surface area contributed by atoms with Crippen molar-refractivity contribution < 1.29 is 19.0 Å². The van der Waals surface area contributed by atoms with E-state index in [4.69, 9.17) is 19.3 Å². The van der Waals surface area contributed by atoms with Crippen LogP contribution in [-0.4, -0.2) is 70.4 Å². The number of fused-ring (bicyclic) bond motifs is 1. The van der Waals surface area contributed by atoms with E-state index in [9.17, 15) is 4.79 Å². The molecule has 0 aromatic heterocycles. The van der Waals surface area contributed by atoms with Gasteiger partial charge < -0.3 is 24.4 Å². The molecule has 2 aromatic carbocycles. The van der Waals surface area contributed by atoms with Crippen molar-refractivity contribution in [2.24, 2.45) is 5.10 Å². The zero-order chi connectivity index (χ0) is 22.7. The second-order valence-electron chi connectivity index (χ2n) is 7.92. The fourth-order valence-corrected chi connectivity index (χ4v) is 4.22. The van der Waals surface area contributed by atoms with Crippen LogP contribution in [-0.2, 0) is 11.2 Å². The maximum Gasteiger partial charge on any atom is 0.337 e. The first-order valence-electron chi connectivity index (χ1n) is 10.8. The number of hydrogen-bond donors (Lipinski definition) is 1. The van der Waals surface area contributed by atoms with Gasteiger partial charge in [0.05, 0.1) is 39.2 Å². The summed E-state index contributed by atoms with van der Waals surface area (Å²) in [6, 6.07) is 11.8. The van der Waals surface area contributed by atoms with Crippen molar-refractivity contribution in [3.63, 3.8) is 0 Å². The van der Waals surface area contributed by atoms with Crippen molar-refractivity contribution in [1.29, 1.82) is 0 Å². The fourth-order valence-electron chi connectivity index (χ4n) is 4.22. The van der Waals surface area contributed by atoms with Crippen LogP contribution in [0.15, 0.2) is 41.5 Å². The molecule has 1 atom stereocenters. The van der Waals surface area contributed by atoms with Crippen LogP contribution < -0.4 is 19.7 Å². The number of hydrogen-bond acceptors (Lipinski definition) is 6. The highest BCUT2D eigenvalue weighted by atomic mass is 16.5. The summed E-state index contributed by atoms with van der Waals surface area (Å²) in [5.74, 6) is 1.29. The molecule has 1 fully saturated rings. The standard InChI is InChI=1S/C24H30N4O4/c1-16-12-18-14-21(30-3)22(31-4)15-20(18)23(26-28(16)24(29)25-2)17-6-5-7-19(13-17)27-8-10-32-11-9-27/h5-7,13-16H,8-12H2,1-4H3,(H,25,29). The zero-order valence-electron chi connectivity index (χ0n) is 19.1. The predicted molar refractivity (Wildman–Crippen MR) is 124 cm³/mol. The van der Waals surface area contributed by atoms with Crippen LogP contribution in [0.2, 0.25) is 0 Å². The van der Waals surface area contributed by atoms with E-state index in [2.05, 4.69) is 22.3 Å². The van der Waals surface area contributed by atoms with Crippen molar-refractivity contribution in [3.05, 3.63) is 53.1 Å². The molecule has 0 saturated carbocycles. The number of anilines is 1. The molecular weight excluding hydrogens is 408 g/mol. The van der Waals surface area contributed by atoms with Crippen molar-refractivity contribution in [2.45, 2.75) is 19.4 Å². The van der Waals surface area contributed by atoms with Crippen LogP contribution in [0.1, 0.15) is 23.6 Å². The van der Waals surface area contributed by atoms with Gasteiger partial charge in [0.1, 0.15) is 0 Å². The molecule has 2 heterocycles. The number of ether oxygens (including phenoxy) is 3. The van der Waals surface area contributed by atoms with E-state index in [1.165, 1.54) is 5.01 Å². The minimum Gasteiger partial charge on any atom is -0.493 e. The molecule has 0 spiro atoms. The summed E-state index contributed by atoms with van der Waals surface area (Å²) in [7, 11) is 4.87. The summed E-state index contributed by atoms with van der Waals surface area (Å²) in [4.78, 5) is 15.0. The monoisotopic (exact) mass is 438 g/mol. The highest BCUT2D eigenvalue weighted by molar-refractivity contribution is 6.15. The average molecular weight is 439 g/mol. The van der Waals surface area contributed by atoms with Crippen molar-refractivity contribution in [3.8, 4) is 11.5 Å². The van der Waals surface area contributed by atoms with E-state index in [0.717, 1.165) is 41.2 Å². The van der Waals surface area contributed by atoms with Crippen LogP contribution in [0.25, 0.3) is 0 Å². The highest BCUT2D eigenvalue weighted by Gasteiger charge is 2.28. The Hall–Kier alpha value is -3.26. The molecule has 1 unspecified atom stereocenters. The smallest absolute Gasteiger partial charge is 0.337 e. The van der Waals surface area contributed by atoms with Gasteiger partial charge >= 0.3 is 6.03 Å². The lowest BCUT2D eigenvalue weighted by molar-refractivity contribution is 0.122. The summed E-state index contributed by atoms with van der Waals surface area (Å²) < 4.78 is 16.6. The quantitative estimate of drug-likeness (QED) is 0.795. The summed E-state index contributed by atoms with van der Waals surface area (Å²) in [5.41, 5.74) is 4.76. The first-order chi connectivity index (χ1) is 15.5. The lowest BCUT2D eigenvalue weighted by atomic mass is 9.93. The molecule has 2 amide bonds. The molecule has 170 valence electrons. The minimum absolute atomic E-state index is 0.133. The molecule has 8 heteroatoms. The Bertz CT molecular complexity index is 1020. The number of morpholine rings is 1. The van der Waals surface area contributed by atoms with Gasteiger partial charge in [0.15, 0.2) is 11.5 Å². The number of carbonyl (C=O) groups excluding carboxylic acids is 1. The van der Waals surface area contributed by atoms with Gasteiger partial charge in [-0.3, -0.25) is 0 Å². The van der Waals surface area contributed by atoms with Gasteiger partial charge in [-0.2, -0.15) is 5.10 Å². The summed E-state index contributed by atoms with van der Waals surface area (Å²) >= 11 is 0. The maximum absolute atomic E-state index is 12.7. The molecule has 8 nitrogen and oxygen atoms in total. The second-order valence-corrected chi connectivity index (χ2v) is 7.92. The van der Waals surface area contributed by atoms with Crippen LogP contribution in [0.4, 0.5) is 10.5 Å². The van der Waals surface area contributed by atoms with Gasteiger partial charge in [-0.1, -0.05) is 12.1 Å². The number of urea groups is 1. The molecule has 32 heavy (non-hydrogen) atoms. The molecule has 0 aliphatic carbocycles. The first kappa shape index (κ1) is 22.0. The maximum atomic E-state index is 12.7. The van der Waals surface area contributed by atoms with Crippen molar-refractivity contribution in [2.75, 3.05) is 52.5 Å². The van der Waals surface area contributed by atoms with E-state index >= 15 is 0 Å². The van der Waals surface area contributed by atoms with E-state index in [0.29, 0.717) is 31.1 Å². The number of methoxy groups -OCH3 is 2. The number of nitrogens with zero attached hydrogens (tertiary/aromatic N) is 3. The third kappa shape index (κ3) is 4.23. The predicted octanol–water partition coefficient (Wildman–Crippen LogP) is 2.88. The third-order valence-corrected chi connectivity index (χ3v) is 5.92. The Labute approximate surface area is 188 Å². The summed E-state index contributed by atoms with van der Waals surface area (Å²) in [6.07, 6.45) is 0.638. The lowest BCUT2D eigenvalue weighted by Crippen LogP contribution is -2.41. The van der Waals surface area contributed by atoms with E-state index < -0.39 is 0 Å². The van der Waals surface area contributed by atoms with E-state index in [1.807, 2.05) is 31.2 Å². The Kier molecular flexibility index (Phi) is 6.50. The van der Waals surface area contributed by atoms with Crippen LogP contribution in [0, 0.1) is 0 Å². The van der Waals surface area contributed by atoms with Gasteiger partial charge in [0.25, 0.3) is 0 Å². The molecule has 2 aliphatic heterocycles. The summed E-state index contributed by atoms with van der Waals surface area (Å²) in [5, 5.41) is 9.09. The van der Waals surface area contributed by atoms with E-state index in [-0.39, 0.29) is 12.1 Å². The molecule has 0 bridgehead atoms. The number of rotatable bonds is 4. The van der Waals surface area contributed by atoms with Gasteiger partial charge in [-0.25, -0.2) is 9.80 Å². The minimum atomic E-state index is -0.244. The number of carbonyl (C=O) groups is 1. The second kappa shape index (κ2) is 9.48. The highest BCUT2D eigenvalue weighted by Crippen LogP contribution is 2.35. The van der Waals surface area contributed by atoms with Crippen LogP contribution in [0.3, 0.4) is 0 Å². The topological polar surface area (TPSA) is 75.6 Å². The molecule has 2 aliphatic rings. The van der Waals surface area contributed by atoms with Crippen molar-refractivity contribution >= 4 is 17.4 Å². The number of nitrogens with one attached hydrogen (secondary N) is 1. The fraction of sp³-hybridized carbons (Fsp3) is 0.417.